The SMILES string of the molecule is CC(C)[C@@]1(O)[C@@H](OC(=O)c2ccc[nH]2)[C@@]2(O)[C@@]3(CO)C[C@]4(O)O[C@@]5([C@H](O)[C@@H](C)CC[C@]35O)[C@@]2(O)[C@]14C. The highest BCUT2D eigenvalue weighted by Gasteiger charge is 3.11. The molecule has 7 rings (SSSR count). The van der Waals surface area contributed by atoms with Gasteiger partial charge >= 0.3 is 5.97 Å². The van der Waals surface area contributed by atoms with E-state index in [0.29, 0.717) is 0 Å². The Morgan fingerprint density at radius 3 is 2.47 bits per heavy atom. The van der Waals surface area contributed by atoms with Crippen molar-refractivity contribution < 1.29 is 50.0 Å². The smallest absolute Gasteiger partial charge is 0.355 e. The molecule has 0 radical (unpaired) electrons. The second kappa shape index (κ2) is 6.35. The Bertz CT molecular complexity index is 1140. The standard InChI is InChI=1S/C25H35NO10/c1-12(2)22(32)17(35-16(29)14-6-5-9-26-14)23(33)19(11-27)10-21(31)18(22,4)25(23,34)24(36-21)15(28)13(3)7-8-20(19,24)30/h5-6,9,12-13,15,17,26-28,30-34H,7-8,10-11H2,1-4H3/t13-,15+,17+,18-,19+,20-,21-,22+,23+,24+,25+/m0/s1. The van der Waals surface area contributed by atoms with Crippen LogP contribution in [0.2, 0.25) is 0 Å². The van der Waals surface area contributed by atoms with E-state index in [2.05, 4.69) is 4.98 Å². The molecule has 6 bridgehead atoms. The van der Waals surface area contributed by atoms with Crippen LogP contribution < -0.4 is 0 Å². The maximum Gasteiger partial charge on any atom is 0.355 e. The van der Waals surface area contributed by atoms with Gasteiger partial charge in [0.05, 0.1) is 23.5 Å². The molecular formula is C25H35NO10. The van der Waals surface area contributed by atoms with Crippen LogP contribution in [0.1, 0.15) is 57.4 Å². The number of carbonyl (C=O) groups is 1. The summed E-state index contributed by atoms with van der Waals surface area (Å²) < 4.78 is 12.0. The third kappa shape index (κ3) is 1.77. The van der Waals surface area contributed by atoms with Crippen molar-refractivity contribution in [2.45, 2.75) is 93.0 Å². The molecule has 0 amide bonds. The van der Waals surface area contributed by atoms with Crippen molar-refractivity contribution in [1.82, 2.24) is 4.98 Å². The summed E-state index contributed by atoms with van der Waals surface area (Å²) in [5.41, 5.74) is -16.7. The molecule has 11 heteroatoms. The average Bonchev–Trinajstić information content (AvgIpc) is 3.45. The number of H-pyrrole nitrogens is 1. The molecule has 6 fully saturated rings. The van der Waals surface area contributed by atoms with Crippen molar-refractivity contribution in [2.75, 3.05) is 6.61 Å². The Kier molecular flexibility index (Phi) is 4.36. The fraction of sp³-hybridized carbons (Fsp3) is 0.800. The summed E-state index contributed by atoms with van der Waals surface area (Å²) in [4.78, 5) is 15.9. The molecule has 4 aliphatic carbocycles. The molecule has 8 N–H and O–H groups in total. The first kappa shape index (κ1) is 24.7. The van der Waals surface area contributed by atoms with Crippen molar-refractivity contribution in [1.29, 1.82) is 0 Å². The maximum absolute atomic E-state index is 13.2. The quantitative estimate of drug-likeness (QED) is 0.228. The highest BCUT2D eigenvalue weighted by Crippen LogP contribution is 2.90. The molecule has 200 valence electrons. The molecule has 2 saturated heterocycles. The molecule has 1 spiro atoms. The van der Waals surface area contributed by atoms with Crippen LogP contribution in [0.5, 0.6) is 0 Å². The van der Waals surface area contributed by atoms with E-state index >= 15 is 0 Å². The summed E-state index contributed by atoms with van der Waals surface area (Å²) in [5, 5.41) is 85.0. The monoisotopic (exact) mass is 509 g/mol. The number of carbonyl (C=O) groups excluding carboxylic acids is 1. The molecule has 2 aliphatic heterocycles. The van der Waals surface area contributed by atoms with E-state index in [0.717, 1.165) is 0 Å². The fourth-order valence-corrected chi connectivity index (χ4v) is 9.62. The molecule has 0 aromatic carbocycles. The first-order chi connectivity index (χ1) is 16.6. The largest absolute Gasteiger partial charge is 0.451 e. The van der Waals surface area contributed by atoms with Crippen LogP contribution in [-0.4, -0.2) is 99.3 Å². The van der Waals surface area contributed by atoms with Gasteiger partial charge in [-0.1, -0.05) is 20.8 Å². The summed E-state index contributed by atoms with van der Waals surface area (Å²) in [5.74, 6) is -4.74. The van der Waals surface area contributed by atoms with Gasteiger partial charge in [-0.05, 0) is 43.7 Å². The zero-order valence-electron chi connectivity index (χ0n) is 20.7. The highest BCUT2D eigenvalue weighted by molar-refractivity contribution is 5.87. The molecule has 0 unspecified atom stereocenters. The number of aliphatic hydroxyl groups is 7. The number of rotatable bonds is 4. The molecule has 11 atom stereocenters. The zero-order valence-corrected chi connectivity index (χ0v) is 20.7. The van der Waals surface area contributed by atoms with Crippen LogP contribution in [0, 0.1) is 22.7 Å². The predicted octanol–water partition coefficient (Wildman–Crippen LogP) is -1.22. The minimum atomic E-state index is -2.74. The van der Waals surface area contributed by atoms with Crippen LogP contribution in [-0.2, 0) is 9.47 Å². The van der Waals surface area contributed by atoms with E-state index in [9.17, 15) is 40.5 Å². The van der Waals surface area contributed by atoms with Crippen molar-refractivity contribution in [3.63, 3.8) is 0 Å². The van der Waals surface area contributed by atoms with Crippen LogP contribution in [0.4, 0.5) is 0 Å². The van der Waals surface area contributed by atoms with Gasteiger partial charge in [0.25, 0.3) is 0 Å². The van der Waals surface area contributed by atoms with Gasteiger partial charge in [-0.2, -0.15) is 0 Å². The van der Waals surface area contributed by atoms with Crippen molar-refractivity contribution in [3.8, 4) is 0 Å². The van der Waals surface area contributed by atoms with Crippen molar-refractivity contribution in [3.05, 3.63) is 24.0 Å². The minimum absolute atomic E-state index is 0.0109. The van der Waals surface area contributed by atoms with Crippen LogP contribution in [0.25, 0.3) is 0 Å². The lowest BCUT2D eigenvalue weighted by Crippen LogP contribution is -2.75. The third-order valence-electron chi connectivity index (χ3n) is 11.3. The molecular weight excluding hydrogens is 474 g/mol. The lowest BCUT2D eigenvalue weighted by Gasteiger charge is -2.61. The summed E-state index contributed by atoms with van der Waals surface area (Å²) in [6, 6.07) is 2.99. The highest BCUT2D eigenvalue weighted by atomic mass is 16.7. The molecule has 3 heterocycles. The zero-order chi connectivity index (χ0) is 26.5. The van der Waals surface area contributed by atoms with E-state index in [1.54, 1.807) is 26.8 Å². The van der Waals surface area contributed by atoms with Gasteiger partial charge < -0.3 is 50.2 Å². The Morgan fingerprint density at radius 1 is 1.25 bits per heavy atom. The first-order valence-corrected chi connectivity index (χ1v) is 12.5. The van der Waals surface area contributed by atoms with Gasteiger partial charge in [-0.3, -0.25) is 0 Å². The van der Waals surface area contributed by atoms with Gasteiger partial charge in [0, 0.05) is 12.6 Å². The van der Waals surface area contributed by atoms with Gasteiger partial charge in [-0.15, -0.1) is 0 Å². The Morgan fingerprint density at radius 2 is 1.92 bits per heavy atom. The predicted molar refractivity (Wildman–Crippen MR) is 120 cm³/mol. The van der Waals surface area contributed by atoms with E-state index in [-0.39, 0.29) is 18.5 Å². The van der Waals surface area contributed by atoms with Crippen molar-refractivity contribution >= 4 is 5.97 Å². The molecule has 1 aromatic rings. The number of aromatic amines is 1. The summed E-state index contributed by atoms with van der Waals surface area (Å²) in [6.07, 6.45) is -2.41. The Balaban J connectivity index is 1.71. The maximum atomic E-state index is 13.2. The second-order valence-electron chi connectivity index (χ2n) is 12.3. The summed E-state index contributed by atoms with van der Waals surface area (Å²) in [7, 11) is 0. The fourth-order valence-electron chi connectivity index (χ4n) is 9.62. The second-order valence-corrected chi connectivity index (χ2v) is 12.3. The normalized spacial score (nSPS) is 58.5. The van der Waals surface area contributed by atoms with Crippen LogP contribution >= 0.6 is 0 Å². The Labute approximate surface area is 207 Å². The number of nitrogens with one attached hydrogen (secondary N) is 1. The number of esters is 1. The molecule has 6 aliphatic rings. The van der Waals surface area contributed by atoms with E-state index in [4.69, 9.17) is 9.47 Å². The number of ether oxygens (including phenoxy) is 2. The van der Waals surface area contributed by atoms with Crippen molar-refractivity contribution in [2.24, 2.45) is 22.7 Å². The van der Waals surface area contributed by atoms with Crippen LogP contribution in [0.3, 0.4) is 0 Å². The van der Waals surface area contributed by atoms with Crippen LogP contribution in [0.15, 0.2) is 18.3 Å². The topological polar surface area (TPSA) is 193 Å². The molecule has 4 saturated carbocycles. The first-order valence-electron chi connectivity index (χ1n) is 12.5. The number of aliphatic hydroxyl groups excluding tert-OH is 2. The molecule has 11 nitrogen and oxygen atoms in total. The van der Waals surface area contributed by atoms with E-state index in [1.807, 2.05) is 0 Å². The van der Waals surface area contributed by atoms with E-state index in [1.165, 1.54) is 19.2 Å². The molecule has 36 heavy (non-hydrogen) atoms. The minimum Gasteiger partial charge on any atom is -0.451 e. The van der Waals surface area contributed by atoms with Gasteiger partial charge in [0.1, 0.15) is 28.1 Å². The van der Waals surface area contributed by atoms with Gasteiger partial charge in [0.2, 0.25) is 0 Å². The number of hydrogen-bond acceptors (Lipinski definition) is 10. The third-order valence-corrected chi connectivity index (χ3v) is 11.3. The van der Waals surface area contributed by atoms with Gasteiger partial charge in [0.15, 0.2) is 17.5 Å². The Hall–Kier alpha value is -1.57. The van der Waals surface area contributed by atoms with Gasteiger partial charge in [-0.25, -0.2) is 4.79 Å². The number of hydrogen-bond donors (Lipinski definition) is 8. The summed E-state index contributed by atoms with van der Waals surface area (Å²) in [6.45, 7) is 5.23. The lowest BCUT2D eigenvalue weighted by molar-refractivity contribution is -0.396. The van der Waals surface area contributed by atoms with E-state index < -0.39 is 87.7 Å². The summed E-state index contributed by atoms with van der Waals surface area (Å²) >= 11 is 0. The average molecular weight is 510 g/mol. The lowest BCUT2D eigenvalue weighted by atomic mass is 9.52. The number of aromatic nitrogens is 1. The molecule has 1 aromatic heterocycles.